The Morgan fingerprint density at radius 1 is 1.25 bits per heavy atom. The van der Waals surface area contributed by atoms with Gasteiger partial charge in [-0.3, -0.25) is 9.10 Å². The van der Waals surface area contributed by atoms with E-state index in [1.165, 1.54) is 18.3 Å². The Morgan fingerprint density at radius 2 is 1.75 bits per heavy atom. The van der Waals surface area contributed by atoms with Crippen molar-refractivity contribution in [1.29, 1.82) is 0 Å². The fourth-order valence-corrected chi connectivity index (χ4v) is 1.81. The van der Waals surface area contributed by atoms with Crippen LogP contribution in [0.15, 0.2) is 24.3 Å². The number of sulfonamides is 1. The number of hydrogen-bond donors (Lipinski definition) is 0. The van der Waals surface area contributed by atoms with Crippen molar-refractivity contribution in [2.75, 3.05) is 17.6 Å². The third kappa shape index (κ3) is 3.34. The lowest BCUT2D eigenvalue weighted by Crippen LogP contribution is -2.24. The maximum Gasteiger partial charge on any atom is 0.231 e. The first-order valence-electron chi connectivity index (χ1n) is 4.83. The Kier molecular flexibility index (Phi) is 3.70. The van der Waals surface area contributed by atoms with E-state index in [9.17, 15) is 13.2 Å². The lowest BCUT2D eigenvalue weighted by molar-refractivity contribution is -0.116. The molecule has 0 bridgehead atoms. The van der Waals surface area contributed by atoms with Gasteiger partial charge in [-0.1, -0.05) is 12.1 Å². The summed E-state index contributed by atoms with van der Waals surface area (Å²) in [7, 11) is -1.73. The molecule has 0 saturated carbocycles. The van der Waals surface area contributed by atoms with Gasteiger partial charge in [0, 0.05) is 13.5 Å². The lowest BCUT2D eigenvalue weighted by Gasteiger charge is -2.16. The van der Waals surface area contributed by atoms with Crippen LogP contribution in [0, 0.1) is 0 Å². The van der Waals surface area contributed by atoms with Crippen LogP contribution in [0.2, 0.25) is 0 Å². The van der Waals surface area contributed by atoms with Crippen molar-refractivity contribution < 1.29 is 13.2 Å². The van der Waals surface area contributed by atoms with Crippen molar-refractivity contribution >= 4 is 21.5 Å². The molecule has 88 valence electrons. The minimum absolute atomic E-state index is 0.0872. The zero-order valence-corrected chi connectivity index (χ0v) is 10.4. The maximum absolute atomic E-state index is 11.3. The van der Waals surface area contributed by atoms with Gasteiger partial charge >= 0.3 is 0 Å². The third-order valence-electron chi connectivity index (χ3n) is 2.25. The second kappa shape index (κ2) is 4.65. The fourth-order valence-electron chi connectivity index (χ4n) is 1.30. The van der Waals surface area contributed by atoms with Crippen molar-refractivity contribution in [1.82, 2.24) is 0 Å². The largest absolute Gasteiger partial charge is 0.300 e. The van der Waals surface area contributed by atoms with Crippen molar-refractivity contribution in [2.24, 2.45) is 0 Å². The molecule has 0 spiro atoms. The van der Waals surface area contributed by atoms with Crippen LogP contribution in [0.25, 0.3) is 0 Å². The summed E-state index contributed by atoms with van der Waals surface area (Å²) in [4.78, 5) is 10.9. The molecule has 0 saturated heterocycles. The van der Waals surface area contributed by atoms with Crippen LogP contribution >= 0.6 is 0 Å². The molecule has 0 aliphatic rings. The molecule has 1 aromatic carbocycles. The van der Waals surface area contributed by atoms with E-state index in [4.69, 9.17) is 0 Å². The standard InChI is InChI=1S/C11H15NO3S/c1-9(13)8-10-4-6-11(7-5-10)12(2)16(3,14)15/h4-7H,8H2,1-3H3. The first-order valence-corrected chi connectivity index (χ1v) is 6.68. The molecule has 5 heteroatoms. The Balaban J connectivity index is 2.91. The van der Waals surface area contributed by atoms with Crippen LogP contribution in [0.1, 0.15) is 12.5 Å². The molecule has 0 aromatic heterocycles. The van der Waals surface area contributed by atoms with E-state index in [2.05, 4.69) is 0 Å². The lowest BCUT2D eigenvalue weighted by atomic mass is 10.1. The summed E-state index contributed by atoms with van der Waals surface area (Å²) in [5, 5.41) is 0. The van der Waals surface area contributed by atoms with Crippen molar-refractivity contribution in [3.8, 4) is 0 Å². The highest BCUT2D eigenvalue weighted by Gasteiger charge is 2.11. The summed E-state index contributed by atoms with van der Waals surface area (Å²) in [6.07, 6.45) is 1.53. The number of Topliss-reactive ketones (excluding diaryl/α,β-unsaturated/α-hetero) is 1. The van der Waals surface area contributed by atoms with Gasteiger partial charge in [-0.15, -0.1) is 0 Å². The zero-order valence-electron chi connectivity index (χ0n) is 9.60. The van der Waals surface area contributed by atoms with Crippen LogP contribution in [0.4, 0.5) is 5.69 Å². The van der Waals surface area contributed by atoms with E-state index in [0.29, 0.717) is 12.1 Å². The second-order valence-corrected chi connectivity index (χ2v) is 5.79. The van der Waals surface area contributed by atoms with Crippen molar-refractivity contribution in [2.45, 2.75) is 13.3 Å². The summed E-state index contributed by atoms with van der Waals surface area (Å²) in [5.74, 6) is 0.0872. The third-order valence-corrected chi connectivity index (χ3v) is 3.46. The second-order valence-electron chi connectivity index (χ2n) is 3.78. The molecule has 0 N–H and O–H groups in total. The summed E-state index contributed by atoms with van der Waals surface area (Å²) < 4.78 is 23.7. The van der Waals surface area contributed by atoms with Gasteiger partial charge in [-0.2, -0.15) is 0 Å². The maximum atomic E-state index is 11.3. The number of anilines is 1. The van der Waals surface area contributed by atoms with Gasteiger partial charge in [0.05, 0.1) is 11.9 Å². The minimum Gasteiger partial charge on any atom is -0.300 e. The molecule has 0 aliphatic heterocycles. The molecule has 0 amide bonds. The summed E-state index contributed by atoms with van der Waals surface area (Å²) in [5.41, 5.74) is 1.48. The van der Waals surface area contributed by atoms with E-state index < -0.39 is 10.0 Å². The SMILES string of the molecule is CC(=O)Cc1ccc(N(C)S(C)(=O)=O)cc1. The smallest absolute Gasteiger partial charge is 0.231 e. The van der Waals surface area contributed by atoms with Gasteiger partial charge < -0.3 is 0 Å². The quantitative estimate of drug-likeness (QED) is 0.796. The number of rotatable bonds is 4. The average molecular weight is 241 g/mol. The number of nitrogens with zero attached hydrogens (tertiary/aromatic N) is 1. The molecule has 1 aromatic rings. The van der Waals surface area contributed by atoms with Crippen LogP contribution < -0.4 is 4.31 Å². The molecule has 0 atom stereocenters. The van der Waals surface area contributed by atoms with E-state index in [1.807, 2.05) is 0 Å². The molecule has 16 heavy (non-hydrogen) atoms. The Hall–Kier alpha value is -1.36. The van der Waals surface area contributed by atoms with Crippen LogP contribution in [0.5, 0.6) is 0 Å². The van der Waals surface area contributed by atoms with Crippen molar-refractivity contribution in [3.05, 3.63) is 29.8 Å². The van der Waals surface area contributed by atoms with E-state index >= 15 is 0 Å². The van der Waals surface area contributed by atoms with Gasteiger partial charge in [0.1, 0.15) is 5.78 Å². The van der Waals surface area contributed by atoms with Gasteiger partial charge in [-0.25, -0.2) is 8.42 Å². The van der Waals surface area contributed by atoms with E-state index in [0.717, 1.165) is 11.8 Å². The van der Waals surface area contributed by atoms with E-state index in [1.54, 1.807) is 24.3 Å². The number of carbonyl (C=O) groups is 1. The Morgan fingerprint density at radius 3 is 2.12 bits per heavy atom. The van der Waals surface area contributed by atoms with Crippen LogP contribution in [-0.2, 0) is 21.2 Å². The van der Waals surface area contributed by atoms with E-state index in [-0.39, 0.29) is 5.78 Å². The first kappa shape index (κ1) is 12.7. The predicted molar refractivity (Wildman–Crippen MR) is 64.1 cm³/mol. The first-order chi connectivity index (χ1) is 7.30. The number of ketones is 1. The molecule has 4 nitrogen and oxygen atoms in total. The zero-order chi connectivity index (χ0) is 12.3. The monoisotopic (exact) mass is 241 g/mol. The molecule has 0 heterocycles. The predicted octanol–water partition coefficient (Wildman–Crippen LogP) is 1.21. The number of benzene rings is 1. The molecule has 0 unspecified atom stereocenters. The molecule has 0 radical (unpaired) electrons. The minimum atomic E-state index is -3.23. The van der Waals surface area contributed by atoms with Crippen molar-refractivity contribution in [3.63, 3.8) is 0 Å². The molecular formula is C11H15NO3S. The number of carbonyl (C=O) groups excluding carboxylic acids is 1. The summed E-state index contributed by atoms with van der Waals surface area (Å²) in [6.45, 7) is 1.52. The highest BCUT2D eigenvalue weighted by molar-refractivity contribution is 7.92. The normalized spacial score (nSPS) is 11.2. The molecule has 0 fully saturated rings. The van der Waals surface area contributed by atoms with Gasteiger partial charge in [0.2, 0.25) is 10.0 Å². The topological polar surface area (TPSA) is 54.5 Å². The van der Waals surface area contributed by atoms with Gasteiger partial charge in [-0.05, 0) is 24.6 Å². The summed E-state index contributed by atoms with van der Waals surface area (Å²) in [6, 6.07) is 6.91. The molecule has 1 rings (SSSR count). The number of hydrogen-bond acceptors (Lipinski definition) is 3. The Bertz CT molecular complexity index is 476. The highest BCUT2D eigenvalue weighted by atomic mass is 32.2. The Labute approximate surface area is 95.9 Å². The van der Waals surface area contributed by atoms with Gasteiger partial charge in [0.15, 0.2) is 0 Å². The molecular weight excluding hydrogens is 226 g/mol. The molecule has 0 aliphatic carbocycles. The average Bonchev–Trinajstić information content (AvgIpc) is 2.15. The van der Waals surface area contributed by atoms with Crippen LogP contribution in [-0.4, -0.2) is 27.5 Å². The fraction of sp³-hybridized carbons (Fsp3) is 0.364. The highest BCUT2D eigenvalue weighted by Crippen LogP contribution is 2.16. The van der Waals surface area contributed by atoms with Gasteiger partial charge in [0.25, 0.3) is 0 Å². The van der Waals surface area contributed by atoms with Crippen LogP contribution in [0.3, 0.4) is 0 Å². The summed E-state index contributed by atoms with van der Waals surface area (Å²) >= 11 is 0.